The van der Waals surface area contributed by atoms with E-state index >= 15 is 0 Å². The van der Waals surface area contributed by atoms with Crippen LogP contribution in [-0.2, 0) is 13.5 Å². The molecule has 0 radical (unpaired) electrons. The highest BCUT2D eigenvalue weighted by Crippen LogP contribution is 2.38. The molecule has 0 aromatic carbocycles. The predicted molar refractivity (Wildman–Crippen MR) is 89.6 cm³/mol. The van der Waals surface area contributed by atoms with Gasteiger partial charge in [-0.1, -0.05) is 0 Å². The Labute approximate surface area is 137 Å². The van der Waals surface area contributed by atoms with E-state index in [1.54, 1.807) is 0 Å². The molecule has 1 aliphatic carbocycles. The molecule has 1 aliphatic heterocycles. The van der Waals surface area contributed by atoms with Crippen LogP contribution in [0, 0.1) is 0 Å². The van der Waals surface area contributed by atoms with E-state index in [4.69, 9.17) is 0 Å². The minimum Gasteiger partial charge on any atom is -0.352 e. The van der Waals surface area contributed by atoms with Gasteiger partial charge < -0.3 is 9.47 Å². The molecule has 0 atom stereocenters. The largest absolute Gasteiger partial charge is 0.352 e. The third-order valence-corrected chi connectivity index (χ3v) is 5.11. The highest BCUT2D eigenvalue weighted by atomic mass is 15.4. The van der Waals surface area contributed by atoms with Gasteiger partial charge in [0.15, 0.2) is 5.82 Å². The quantitative estimate of drug-likeness (QED) is 0.808. The van der Waals surface area contributed by atoms with Gasteiger partial charge in [-0.25, -0.2) is 4.98 Å². The maximum atomic E-state index is 4.40. The fourth-order valence-electron chi connectivity index (χ4n) is 3.12. The molecule has 0 amide bonds. The molecule has 1 saturated carbocycles. The maximum Gasteiger partial charge on any atom is 0.151 e. The van der Waals surface area contributed by atoms with Crippen molar-refractivity contribution in [2.24, 2.45) is 7.05 Å². The van der Waals surface area contributed by atoms with Gasteiger partial charge in [0.05, 0.1) is 12.0 Å². The van der Waals surface area contributed by atoms with Crippen LogP contribution in [0.3, 0.4) is 0 Å². The number of aryl methyl sites for hydroxylation is 1. The summed E-state index contributed by atoms with van der Waals surface area (Å²) in [4.78, 5) is 8.93. The van der Waals surface area contributed by atoms with Crippen LogP contribution in [-0.4, -0.2) is 57.4 Å². The first-order valence-corrected chi connectivity index (χ1v) is 8.44. The first kappa shape index (κ1) is 14.6. The van der Waals surface area contributed by atoms with Crippen molar-refractivity contribution in [3.8, 4) is 0 Å². The minimum absolute atomic E-state index is 0.605. The van der Waals surface area contributed by atoms with Crippen LogP contribution in [0.25, 0.3) is 0 Å². The lowest BCUT2D eigenvalue weighted by atomic mass is 10.1. The zero-order chi connectivity index (χ0) is 15.8. The summed E-state index contributed by atoms with van der Waals surface area (Å²) in [6, 6.07) is 4.89. The average Bonchev–Trinajstić information content (AvgIpc) is 3.28. The highest BCUT2D eigenvalue weighted by molar-refractivity contribution is 5.42. The zero-order valence-corrected chi connectivity index (χ0v) is 13.9. The molecule has 2 aromatic heterocycles. The second-order valence-electron chi connectivity index (χ2n) is 6.88. The molecule has 0 bridgehead atoms. The number of anilines is 1. The molecule has 2 fully saturated rings. The van der Waals surface area contributed by atoms with Gasteiger partial charge in [0.25, 0.3) is 0 Å². The van der Waals surface area contributed by atoms with Crippen LogP contribution < -0.4 is 4.90 Å². The third-order valence-electron chi connectivity index (χ3n) is 5.11. The Bertz CT molecular complexity index is 654. The highest BCUT2D eigenvalue weighted by Gasteiger charge is 2.31. The van der Waals surface area contributed by atoms with Gasteiger partial charge >= 0.3 is 0 Å². The fourth-order valence-corrected chi connectivity index (χ4v) is 3.12. The minimum atomic E-state index is 0.605. The summed E-state index contributed by atoms with van der Waals surface area (Å²) in [7, 11) is 4.26. The van der Waals surface area contributed by atoms with E-state index in [1.807, 2.05) is 12.5 Å². The van der Waals surface area contributed by atoms with Crippen molar-refractivity contribution in [2.45, 2.75) is 31.2 Å². The summed E-state index contributed by atoms with van der Waals surface area (Å²) < 4.78 is 2.10. The standard InChI is InChI=1S/C17H24N6/c1-21(8-7-14-9-18-12-22(14)2)15-10-23(11-15)17-6-5-16(19-20-17)13-3-4-13/h5-6,9,12-13,15H,3-4,7-8,10-11H2,1-2H3. The molecule has 1 saturated heterocycles. The van der Waals surface area contributed by atoms with Gasteiger partial charge in [-0.3, -0.25) is 4.90 Å². The smallest absolute Gasteiger partial charge is 0.151 e. The Morgan fingerprint density at radius 1 is 1.22 bits per heavy atom. The van der Waals surface area contributed by atoms with Gasteiger partial charge in [-0.2, -0.15) is 5.10 Å². The van der Waals surface area contributed by atoms with Gasteiger partial charge in [-0.05, 0) is 32.0 Å². The van der Waals surface area contributed by atoms with Crippen LogP contribution >= 0.6 is 0 Å². The number of hydrogen-bond acceptors (Lipinski definition) is 5. The van der Waals surface area contributed by atoms with E-state index in [0.717, 1.165) is 31.9 Å². The van der Waals surface area contributed by atoms with Crippen molar-refractivity contribution in [1.29, 1.82) is 0 Å². The number of hydrogen-bond donors (Lipinski definition) is 0. The SMILES string of the molecule is CN(CCc1cncn1C)C1CN(c2ccc(C3CC3)nn2)C1. The molecule has 23 heavy (non-hydrogen) atoms. The zero-order valence-electron chi connectivity index (χ0n) is 13.9. The second-order valence-corrected chi connectivity index (χ2v) is 6.88. The molecule has 0 unspecified atom stereocenters. The van der Waals surface area contributed by atoms with E-state index in [0.29, 0.717) is 12.0 Å². The molecule has 0 spiro atoms. The van der Waals surface area contributed by atoms with E-state index in [9.17, 15) is 0 Å². The average molecular weight is 312 g/mol. The summed E-state index contributed by atoms with van der Waals surface area (Å²) in [5.41, 5.74) is 2.45. The summed E-state index contributed by atoms with van der Waals surface area (Å²) in [6.45, 7) is 3.14. The summed E-state index contributed by atoms with van der Waals surface area (Å²) in [5, 5.41) is 8.78. The molecule has 2 aliphatic rings. The number of likely N-dealkylation sites (N-methyl/N-ethyl adjacent to an activating group) is 1. The van der Waals surface area contributed by atoms with Crippen LogP contribution in [0.15, 0.2) is 24.7 Å². The summed E-state index contributed by atoms with van der Waals surface area (Å²) in [5.74, 6) is 1.70. The van der Waals surface area contributed by atoms with E-state index < -0.39 is 0 Å². The van der Waals surface area contributed by atoms with Gasteiger partial charge in [0, 0.05) is 57.0 Å². The van der Waals surface area contributed by atoms with Crippen molar-refractivity contribution < 1.29 is 0 Å². The van der Waals surface area contributed by atoms with Crippen molar-refractivity contribution in [1.82, 2.24) is 24.6 Å². The van der Waals surface area contributed by atoms with Crippen molar-refractivity contribution in [3.05, 3.63) is 36.0 Å². The third kappa shape index (κ3) is 3.08. The van der Waals surface area contributed by atoms with Gasteiger partial charge in [0.2, 0.25) is 0 Å². The Hall–Kier alpha value is -1.95. The Balaban J connectivity index is 1.26. The lowest BCUT2D eigenvalue weighted by molar-refractivity contribution is 0.205. The first-order chi connectivity index (χ1) is 11.2. The fraction of sp³-hybridized carbons (Fsp3) is 0.588. The molecule has 2 aromatic rings. The molecule has 3 heterocycles. The van der Waals surface area contributed by atoms with Crippen molar-refractivity contribution in [3.63, 3.8) is 0 Å². The number of imidazole rings is 1. The van der Waals surface area contributed by atoms with Crippen LogP contribution in [0.2, 0.25) is 0 Å². The summed E-state index contributed by atoms with van der Waals surface area (Å²) >= 11 is 0. The van der Waals surface area contributed by atoms with Crippen LogP contribution in [0.4, 0.5) is 5.82 Å². The second kappa shape index (κ2) is 5.92. The van der Waals surface area contributed by atoms with Crippen LogP contribution in [0.1, 0.15) is 30.1 Å². The normalized spacial score (nSPS) is 18.5. The van der Waals surface area contributed by atoms with Crippen molar-refractivity contribution in [2.75, 3.05) is 31.6 Å². The molecule has 6 nitrogen and oxygen atoms in total. The predicted octanol–water partition coefficient (Wildman–Crippen LogP) is 1.45. The molecule has 0 N–H and O–H groups in total. The lowest BCUT2D eigenvalue weighted by Gasteiger charge is -2.44. The molecule has 122 valence electrons. The molecule has 4 rings (SSSR count). The Kier molecular flexibility index (Phi) is 3.77. The molecular weight excluding hydrogens is 288 g/mol. The number of rotatable bonds is 6. The number of aromatic nitrogens is 4. The topological polar surface area (TPSA) is 50.1 Å². The Morgan fingerprint density at radius 2 is 2.04 bits per heavy atom. The van der Waals surface area contributed by atoms with Gasteiger partial charge in [-0.15, -0.1) is 5.10 Å². The van der Waals surface area contributed by atoms with Gasteiger partial charge in [0.1, 0.15) is 0 Å². The molecule has 6 heteroatoms. The summed E-state index contributed by atoms with van der Waals surface area (Å²) in [6.07, 6.45) is 7.42. The monoisotopic (exact) mass is 312 g/mol. The van der Waals surface area contributed by atoms with Crippen LogP contribution in [0.5, 0.6) is 0 Å². The van der Waals surface area contributed by atoms with E-state index in [2.05, 4.69) is 55.8 Å². The van der Waals surface area contributed by atoms with E-state index in [-0.39, 0.29) is 0 Å². The van der Waals surface area contributed by atoms with Crippen molar-refractivity contribution >= 4 is 5.82 Å². The van der Waals surface area contributed by atoms with E-state index in [1.165, 1.54) is 24.2 Å². The maximum absolute atomic E-state index is 4.40. The molecular formula is C17H24N6. The lowest BCUT2D eigenvalue weighted by Crippen LogP contribution is -2.59. The Morgan fingerprint density at radius 3 is 2.65 bits per heavy atom. The first-order valence-electron chi connectivity index (χ1n) is 8.44. The number of nitrogens with zero attached hydrogens (tertiary/aromatic N) is 6.